The number of rotatable bonds is 5. The Balaban J connectivity index is 1.32. The van der Waals surface area contributed by atoms with Crippen LogP contribution in [0.4, 0.5) is 5.95 Å². The van der Waals surface area contributed by atoms with E-state index in [1.54, 1.807) is 12.1 Å². The number of nitrogens with zero attached hydrogens (tertiary/aromatic N) is 3. The van der Waals surface area contributed by atoms with Crippen molar-refractivity contribution < 1.29 is 14.6 Å². The summed E-state index contributed by atoms with van der Waals surface area (Å²) >= 11 is 0. The monoisotopic (exact) mass is 479 g/mol. The Labute approximate surface area is 210 Å². The molecule has 1 aromatic heterocycles. The Morgan fingerprint density at radius 2 is 1.81 bits per heavy atom. The van der Waals surface area contributed by atoms with E-state index in [-0.39, 0.29) is 17.5 Å². The second-order valence-corrected chi connectivity index (χ2v) is 9.71. The molecule has 1 fully saturated rings. The van der Waals surface area contributed by atoms with Gasteiger partial charge >= 0.3 is 0 Å². The molecule has 0 spiro atoms. The average molecular weight is 480 g/mol. The van der Waals surface area contributed by atoms with E-state index in [9.17, 15) is 9.90 Å². The quantitative estimate of drug-likeness (QED) is 0.396. The molecule has 2 heterocycles. The number of ether oxygens (including phenoxy) is 1. The minimum Gasteiger partial charge on any atom is -0.508 e. The molecular formula is C30H29N3O3. The van der Waals surface area contributed by atoms with Gasteiger partial charge in [-0.05, 0) is 48.1 Å². The fourth-order valence-electron chi connectivity index (χ4n) is 5.48. The Kier molecular flexibility index (Phi) is 6.11. The molecule has 1 saturated heterocycles. The first-order valence-electron chi connectivity index (χ1n) is 12.7. The van der Waals surface area contributed by atoms with E-state index in [0.717, 1.165) is 71.2 Å². The van der Waals surface area contributed by atoms with Gasteiger partial charge in [0.15, 0.2) is 5.78 Å². The zero-order chi connectivity index (χ0) is 24.5. The summed E-state index contributed by atoms with van der Waals surface area (Å²) in [6, 6.07) is 21.3. The molecule has 182 valence electrons. The van der Waals surface area contributed by atoms with Gasteiger partial charge in [0.1, 0.15) is 5.75 Å². The van der Waals surface area contributed by atoms with Crippen LogP contribution in [0.2, 0.25) is 0 Å². The van der Waals surface area contributed by atoms with Gasteiger partial charge in [0.25, 0.3) is 0 Å². The first-order chi connectivity index (χ1) is 17.7. The van der Waals surface area contributed by atoms with E-state index in [0.29, 0.717) is 25.6 Å². The van der Waals surface area contributed by atoms with Crippen molar-refractivity contribution in [2.45, 2.75) is 25.7 Å². The van der Waals surface area contributed by atoms with Crippen LogP contribution in [0.1, 0.15) is 34.5 Å². The van der Waals surface area contributed by atoms with Crippen molar-refractivity contribution in [2.75, 3.05) is 31.2 Å². The average Bonchev–Trinajstić information content (AvgIpc) is 2.92. The van der Waals surface area contributed by atoms with Crippen LogP contribution in [-0.4, -0.2) is 47.2 Å². The van der Waals surface area contributed by atoms with Crippen LogP contribution in [-0.2, 0) is 17.6 Å². The number of Topliss-reactive ketones (excluding diaryl/α,β-unsaturated/α-hetero) is 1. The highest BCUT2D eigenvalue weighted by molar-refractivity contribution is 6.08. The lowest BCUT2D eigenvalue weighted by molar-refractivity contribution is 0.0958. The maximum atomic E-state index is 13.4. The molecule has 1 N–H and O–H groups in total. The molecule has 1 aliphatic carbocycles. The molecule has 6 nitrogen and oxygen atoms in total. The lowest BCUT2D eigenvalue weighted by Crippen LogP contribution is -2.38. The van der Waals surface area contributed by atoms with Crippen LogP contribution >= 0.6 is 0 Å². The van der Waals surface area contributed by atoms with Gasteiger partial charge in [-0.3, -0.25) is 4.79 Å². The summed E-state index contributed by atoms with van der Waals surface area (Å²) in [5.74, 6) is 1.35. The number of hydrogen-bond acceptors (Lipinski definition) is 6. The highest BCUT2D eigenvalue weighted by atomic mass is 16.5. The fourth-order valence-corrected chi connectivity index (χ4v) is 5.48. The second-order valence-electron chi connectivity index (χ2n) is 9.71. The number of carbonyl (C=O) groups is 1. The van der Waals surface area contributed by atoms with Crippen molar-refractivity contribution in [3.05, 3.63) is 83.6 Å². The Hall–Kier alpha value is -3.77. The molecule has 0 bridgehead atoms. The molecule has 2 aliphatic rings. The van der Waals surface area contributed by atoms with Crippen LogP contribution in [0.15, 0.2) is 66.7 Å². The zero-order valence-electron chi connectivity index (χ0n) is 20.2. The number of ketones is 1. The van der Waals surface area contributed by atoms with Crippen molar-refractivity contribution in [3.8, 4) is 17.0 Å². The van der Waals surface area contributed by atoms with E-state index in [2.05, 4.69) is 17.0 Å². The summed E-state index contributed by atoms with van der Waals surface area (Å²) in [4.78, 5) is 25.5. The summed E-state index contributed by atoms with van der Waals surface area (Å²) in [7, 11) is 0. The number of aromatic nitrogens is 2. The number of aromatic hydroxyl groups is 1. The number of benzene rings is 3. The third-order valence-electron chi connectivity index (χ3n) is 7.34. The lowest BCUT2D eigenvalue weighted by Gasteiger charge is -2.30. The van der Waals surface area contributed by atoms with Crippen molar-refractivity contribution in [1.29, 1.82) is 0 Å². The van der Waals surface area contributed by atoms with Crippen LogP contribution < -0.4 is 4.90 Å². The maximum Gasteiger partial charge on any atom is 0.226 e. The van der Waals surface area contributed by atoms with Crippen molar-refractivity contribution in [1.82, 2.24) is 9.97 Å². The van der Waals surface area contributed by atoms with Crippen molar-refractivity contribution >= 4 is 22.5 Å². The molecule has 4 aromatic rings. The molecule has 1 atom stereocenters. The fraction of sp³-hybridized carbons (Fsp3) is 0.300. The number of phenols is 1. The Bertz CT molecular complexity index is 1420. The molecule has 6 heteroatoms. The van der Waals surface area contributed by atoms with E-state index in [1.165, 1.54) is 0 Å². The topological polar surface area (TPSA) is 75.6 Å². The SMILES string of the molecule is O=C(CC1CCc2c(nc(N3CCOCC3)nc2-c2cccc(O)c2)C1)c1cccc2ccccc12. The summed E-state index contributed by atoms with van der Waals surface area (Å²) in [5, 5.41) is 12.2. The number of anilines is 1. The molecular weight excluding hydrogens is 450 g/mol. The third kappa shape index (κ3) is 4.44. The predicted molar refractivity (Wildman–Crippen MR) is 141 cm³/mol. The summed E-state index contributed by atoms with van der Waals surface area (Å²) in [6.45, 7) is 2.82. The van der Waals surface area contributed by atoms with Gasteiger partial charge in [0.2, 0.25) is 5.95 Å². The maximum absolute atomic E-state index is 13.4. The van der Waals surface area contributed by atoms with Gasteiger partial charge in [-0.1, -0.05) is 54.6 Å². The Morgan fingerprint density at radius 1 is 1.00 bits per heavy atom. The van der Waals surface area contributed by atoms with E-state index in [4.69, 9.17) is 14.7 Å². The van der Waals surface area contributed by atoms with Gasteiger partial charge < -0.3 is 14.7 Å². The predicted octanol–water partition coefficient (Wildman–Crippen LogP) is 5.22. The van der Waals surface area contributed by atoms with Crippen LogP contribution in [0.25, 0.3) is 22.0 Å². The molecule has 0 saturated carbocycles. The number of phenolic OH excluding ortho intramolecular Hbond substituents is 1. The number of hydrogen-bond donors (Lipinski definition) is 1. The zero-order valence-corrected chi connectivity index (χ0v) is 20.2. The second kappa shape index (κ2) is 9.70. The lowest BCUT2D eigenvalue weighted by atomic mass is 9.81. The van der Waals surface area contributed by atoms with Crippen molar-refractivity contribution in [2.24, 2.45) is 5.92 Å². The highest BCUT2D eigenvalue weighted by Crippen LogP contribution is 2.36. The minimum absolute atomic E-state index is 0.191. The van der Waals surface area contributed by atoms with Gasteiger partial charge in [0, 0.05) is 36.2 Å². The van der Waals surface area contributed by atoms with Crippen molar-refractivity contribution in [3.63, 3.8) is 0 Å². The largest absolute Gasteiger partial charge is 0.508 e. The van der Waals surface area contributed by atoms with Crippen LogP contribution in [0, 0.1) is 5.92 Å². The molecule has 1 aliphatic heterocycles. The number of fused-ring (bicyclic) bond motifs is 2. The molecule has 3 aromatic carbocycles. The third-order valence-corrected chi connectivity index (χ3v) is 7.34. The molecule has 0 radical (unpaired) electrons. The van der Waals surface area contributed by atoms with E-state index in [1.807, 2.05) is 42.5 Å². The number of carbonyl (C=O) groups excluding carboxylic acids is 1. The van der Waals surface area contributed by atoms with Gasteiger partial charge in [0.05, 0.1) is 24.6 Å². The summed E-state index contributed by atoms with van der Waals surface area (Å²) in [5.41, 5.74) is 4.74. The minimum atomic E-state index is 0.191. The molecule has 0 amide bonds. The van der Waals surface area contributed by atoms with Crippen LogP contribution in [0.3, 0.4) is 0 Å². The van der Waals surface area contributed by atoms with E-state index >= 15 is 0 Å². The van der Waals surface area contributed by atoms with Gasteiger partial charge in [-0.2, -0.15) is 0 Å². The Morgan fingerprint density at radius 3 is 2.67 bits per heavy atom. The molecule has 36 heavy (non-hydrogen) atoms. The first-order valence-corrected chi connectivity index (χ1v) is 12.7. The van der Waals surface area contributed by atoms with Crippen LogP contribution in [0.5, 0.6) is 5.75 Å². The number of morpholine rings is 1. The first kappa shape index (κ1) is 22.7. The normalized spacial score (nSPS) is 17.7. The standard InChI is InChI=1S/C30H29N3O3/c34-23-8-3-7-22(19-23)29-26-12-11-20(17-27(26)31-30(32-29)33-13-15-36-16-14-33)18-28(35)25-10-4-6-21-5-1-2-9-24(21)25/h1-10,19-20,34H,11-18H2. The molecule has 1 unspecified atom stereocenters. The highest BCUT2D eigenvalue weighted by Gasteiger charge is 2.28. The summed E-state index contributed by atoms with van der Waals surface area (Å²) in [6.07, 6.45) is 2.98. The summed E-state index contributed by atoms with van der Waals surface area (Å²) < 4.78 is 5.53. The molecule has 6 rings (SSSR count). The van der Waals surface area contributed by atoms with E-state index < -0.39 is 0 Å². The van der Waals surface area contributed by atoms with Gasteiger partial charge in [-0.25, -0.2) is 9.97 Å². The smallest absolute Gasteiger partial charge is 0.226 e. The van der Waals surface area contributed by atoms with Gasteiger partial charge in [-0.15, -0.1) is 0 Å².